The molecule has 1 aliphatic rings. The van der Waals surface area contributed by atoms with Gasteiger partial charge in [-0.1, -0.05) is 41.0 Å². The Kier molecular flexibility index (Phi) is 5.11. The van der Waals surface area contributed by atoms with Gasteiger partial charge in [-0.25, -0.2) is 0 Å². The first-order chi connectivity index (χ1) is 7.00. The van der Waals surface area contributed by atoms with Crippen molar-refractivity contribution in [2.75, 3.05) is 6.61 Å². The van der Waals surface area contributed by atoms with Gasteiger partial charge in [0.1, 0.15) is 0 Å². The van der Waals surface area contributed by atoms with E-state index in [2.05, 4.69) is 34.6 Å². The van der Waals surface area contributed by atoms with E-state index in [9.17, 15) is 0 Å². The van der Waals surface area contributed by atoms with Crippen molar-refractivity contribution in [3.8, 4) is 0 Å². The summed E-state index contributed by atoms with van der Waals surface area (Å²) in [4.78, 5) is 0. The number of hydrogen-bond donors (Lipinski definition) is 0. The van der Waals surface area contributed by atoms with Crippen molar-refractivity contribution in [1.82, 2.24) is 0 Å². The summed E-state index contributed by atoms with van der Waals surface area (Å²) in [7, 11) is 0. The average Bonchev–Trinajstić information content (AvgIpc) is 2.14. The van der Waals surface area contributed by atoms with Crippen molar-refractivity contribution >= 4 is 0 Å². The zero-order valence-electron chi connectivity index (χ0n) is 11.1. The summed E-state index contributed by atoms with van der Waals surface area (Å²) in [6.45, 7) is 12.4. The molecule has 1 rings (SSSR count). The first-order valence-corrected chi connectivity index (χ1v) is 6.62. The Balaban J connectivity index is 2.46. The van der Waals surface area contributed by atoms with Crippen molar-refractivity contribution in [1.29, 1.82) is 0 Å². The summed E-state index contributed by atoms with van der Waals surface area (Å²) >= 11 is 0. The molecule has 1 unspecified atom stereocenters. The number of hydrogen-bond acceptors (Lipinski definition) is 1. The molecular formula is C14H28O. The zero-order chi connectivity index (χ0) is 11.4. The lowest BCUT2D eigenvalue weighted by Crippen LogP contribution is -2.35. The maximum atomic E-state index is 6.09. The second-order valence-electron chi connectivity index (χ2n) is 6.09. The van der Waals surface area contributed by atoms with Crippen LogP contribution in [0.3, 0.4) is 0 Å². The van der Waals surface area contributed by atoms with Crippen LogP contribution >= 0.6 is 0 Å². The lowest BCUT2D eigenvalue weighted by atomic mass is 9.75. The highest BCUT2D eigenvalue weighted by Gasteiger charge is 2.31. The van der Waals surface area contributed by atoms with E-state index in [1.165, 1.54) is 19.3 Å². The minimum absolute atomic E-state index is 0.524. The minimum atomic E-state index is 0.524. The second-order valence-corrected chi connectivity index (χ2v) is 6.09. The van der Waals surface area contributed by atoms with Gasteiger partial charge in [-0.05, 0) is 36.5 Å². The van der Waals surface area contributed by atoms with Gasteiger partial charge in [-0.3, -0.25) is 0 Å². The highest BCUT2D eigenvalue weighted by molar-refractivity contribution is 4.81. The molecule has 0 spiro atoms. The molecule has 1 fully saturated rings. The van der Waals surface area contributed by atoms with E-state index in [4.69, 9.17) is 4.74 Å². The maximum absolute atomic E-state index is 6.09. The summed E-state index contributed by atoms with van der Waals surface area (Å²) in [6.07, 6.45) is 4.55. The second kappa shape index (κ2) is 5.89. The van der Waals surface area contributed by atoms with Crippen LogP contribution in [0.5, 0.6) is 0 Å². The quantitative estimate of drug-likeness (QED) is 0.681. The third-order valence-corrected chi connectivity index (χ3v) is 3.60. The highest BCUT2D eigenvalue weighted by atomic mass is 16.5. The Labute approximate surface area is 95.6 Å². The fourth-order valence-electron chi connectivity index (χ4n) is 2.62. The Morgan fingerprint density at radius 1 is 1.13 bits per heavy atom. The third kappa shape index (κ3) is 4.14. The van der Waals surface area contributed by atoms with Crippen molar-refractivity contribution in [3.05, 3.63) is 0 Å². The molecule has 1 heteroatoms. The van der Waals surface area contributed by atoms with Gasteiger partial charge in [-0.2, -0.15) is 0 Å². The van der Waals surface area contributed by atoms with Crippen LogP contribution in [0.2, 0.25) is 0 Å². The van der Waals surface area contributed by atoms with E-state index < -0.39 is 0 Å². The largest absolute Gasteiger partial charge is 0.378 e. The third-order valence-electron chi connectivity index (χ3n) is 3.60. The van der Waals surface area contributed by atoms with Crippen LogP contribution in [-0.2, 0) is 4.74 Å². The molecule has 15 heavy (non-hydrogen) atoms. The van der Waals surface area contributed by atoms with Crippen LogP contribution < -0.4 is 0 Å². The predicted octanol–water partition coefficient (Wildman–Crippen LogP) is 4.12. The Morgan fingerprint density at radius 3 is 2.33 bits per heavy atom. The smallest absolute Gasteiger partial charge is 0.0608 e. The van der Waals surface area contributed by atoms with Gasteiger partial charge in [0.25, 0.3) is 0 Å². The molecule has 90 valence electrons. The van der Waals surface area contributed by atoms with Gasteiger partial charge in [0.05, 0.1) is 6.10 Å². The molecule has 0 aliphatic heterocycles. The van der Waals surface area contributed by atoms with Crippen molar-refractivity contribution in [2.24, 2.45) is 23.7 Å². The average molecular weight is 212 g/mol. The van der Waals surface area contributed by atoms with Crippen molar-refractivity contribution in [2.45, 2.75) is 60.0 Å². The lowest BCUT2D eigenvalue weighted by Gasteiger charge is -2.37. The molecule has 0 amide bonds. The predicted molar refractivity (Wildman–Crippen MR) is 65.9 cm³/mol. The SMILES string of the molecule is CC(C)COC1C[C@@H](C)CC[C@@H]1C(C)C. The fraction of sp³-hybridized carbons (Fsp3) is 1.00. The molecular weight excluding hydrogens is 184 g/mol. The normalized spacial score (nSPS) is 32.6. The minimum Gasteiger partial charge on any atom is -0.378 e. The van der Waals surface area contributed by atoms with E-state index in [0.29, 0.717) is 12.0 Å². The van der Waals surface area contributed by atoms with Crippen LogP contribution in [0.4, 0.5) is 0 Å². The van der Waals surface area contributed by atoms with Gasteiger partial charge >= 0.3 is 0 Å². The van der Waals surface area contributed by atoms with E-state index >= 15 is 0 Å². The first kappa shape index (κ1) is 13.0. The molecule has 0 aromatic rings. The molecule has 0 saturated heterocycles. The molecule has 1 nitrogen and oxygen atoms in total. The highest BCUT2D eigenvalue weighted by Crippen LogP contribution is 2.35. The monoisotopic (exact) mass is 212 g/mol. The molecule has 0 aromatic heterocycles. The molecule has 1 saturated carbocycles. The van der Waals surface area contributed by atoms with Crippen LogP contribution in [0.15, 0.2) is 0 Å². The molecule has 0 heterocycles. The molecule has 0 N–H and O–H groups in total. The summed E-state index contributed by atoms with van der Waals surface area (Å²) < 4.78 is 6.09. The first-order valence-electron chi connectivity index (χ1n) is 6.62. The van der Waals surface area contributed by atoms with Gasteiger partial charge in [0.15, 0.2) is 0 Å². The lowest BCUT2D eigenvalue weighted by molar-refractivity contribution is -0.0476. The van der Waals surface area contributed by atoms with E-state index in [1.807, 2.05) is 0 Å². The Morgan fingerprint density at radius 2 is 1.80 bits per heavy atom. The summed E-state index contributed by atoms with van der Waals surface area (Å²) in [5, 5.41) is 0. The molecule has 3 atom stereocenters. The Hall–Kier alpha value is -0.0400. The van der Waals surface area contributed by atoms with Crippen LogP contribution in [0.25, 0.3) is 0 Å². The Bertz CT molecular complexity index is 174. The number of rotatable bonds is 4. The van der Waals surface area contributed by atoms with Crippen LogP contribution in [0, 0.1) is 23.7 Å². The van der Waals surface area contributed by atoms with Crippen molar-refractivity contribution < 1.29 is 4.74 Å². The van der Waals surface area contributed by atoms with E-state index in [1.54, 1.807) is 0 Å². The molecule has 1 aliphatic carbocycles. The molecule has 0 aromatic carbocycles. The van der Waals surface area contributed by atoms with E-state index in [-0.39, 0.29) is 0 Å². The standard InChI is InChI=1S/C14H28O/c1-10(2)9-15-14-8-12(5)6-7-13(14)11(3)4/h10-14H,6-9H2,1-5H3/t12-,13+,14?/m0/s1. The molecule has 0 bridgehead atoms. The van der Waals surface area contributed by atoms with Gasteiger partial charge in [0, 0.05) is 6.61 Å². The van der Waals surface area contributed by atoms with Gasteiger partial charge < -0.3 is 4.74 Å². The summed E-state index contributed by atoms with van der Waals surface area (Å²) in [5.74, 6) is 3.09. The topological polar surface area (TPSA) is 9.23 Å². The fourth-order valence-corrected chi connectivity index (χ4v) is 2.62. The van der Waals surface area contributed by atoms with Crippen LogP contribution in [0.1, 0.15) is 53.9 Å². The maximum Gasteiger partial charge on any atom is 0.0608 e. The van der Waals surface area contributed by atoms with Crippen LogP contribution in [-0.4, -0.2) is 12.7 Å². The van der Waals surface area contributed by atoms with E-state index in [0.717, 1.165) is 24.4 Å². The summed E-state index contributed by atoms with van der Waals surface area (Å²) in [6, 6.07) is 0. The van der Waals surface area contributed by atoms with Gasteiger partial charge in [0.2, 0.25) is 0 Å². The zero-order valence-corrected chi connectivity index (χ0v) is 11.1. The van der Waals surface area contributed by atoms with Gasteiger partial charge in [-0.15, -0.1) is 0 Å². The number of ether oxygens (including phenoxy) is 1. The molecule has 0 radical (unpaired) electrons. The summed E-state index contributed by atoms with van der Waals surface area (Å²) in [5.41, 5.74) is 0. The van der Waals surface area contributed by atoms with Crippen molar-refractivity contribution in [3.63, 3.8) is 0 Å².